The van der Waals surface area contributed by atoms with Gasteiger partial charge in [-0.15, -0.1) is 0 Å². The van der Waals surface area contributed by atoms with Crippen LogP contribution in [0, 0.1) is 0 Å². The monoisotopic (exact) mass is 768 g/mol. The molecule has 298 valence electrons. The van der Waals surface area contributed by atoms with Crippen molar-refractivity contribution in [3.8, 4) is 17.3 Å². The summed E-state index contributed by atoms with van der Waals surface area (Å²) < 4.78 is 9.32. The Morgan fingerprint density at radius 3 is 1.86 bits per heavy atom. The summed E-state index contributed by atoms with van der Waals surface area (Å²) in [4.78, 5) is 9.85. The van der Waals surface area contributed by atoms with Crippen molar-refractivity contribution in [3.63, 3.8) is 0 Å². The summed E-state index contributed by atoms with van der Waals surface area (Å²) in [6, 6.07) is 42.3. The molecule has 2 aromatic heterocycles. The largest absolute Gasteiger partial charge is 0.457 e. The van der Waals surface area contributed by atoms with Gasteiger partial charge in [0.2, 0.25) is 0 Å². The highest BCUT2D eigenvalue weighted by atomic mass is 16.5. The van der Waals surface area contributed by atoms with Crippen LogP contribution in [0.2, 0.25) is 0 Å². The minimum Gasteiger partial charge on any atom is -0.457 e. The zero-order valence-corrected chi connectivity index (χ0v) is 36.7. The van der Waals surface area contributed by atoms with Crippen molar-refractivity contribution in [1.82, 2.24) is 9.55 Å². The Morgan fingerprint density at radius 1 is 0.552 bits per heavy atom. The summed E-state index contributed by atoms with van der Waals surface area (Å²) in [5, 5.41) is 2.37. The van der Waals surface area contributed by atoms with Crippen LogP contribution in [0.1, 0.15) is 111 Å². The summed E-state index contributed by atoms with van der Waals surface area (Å²) in [7, 11) is 0. The molecule has 0 radical (unpaired) electrons. The standard InChI is InChI=1S/C53H60N4O/c1-50(2,3)36-25-26-54-49(30-36)57-44-18-14-13-17-41(44)42-23-22-40(32-47(42)57)58-48-31-39(21-24-43(48)53(10,11)12)56-34-55(45-19-15-16-20-46(45)56)33-35-27-37(51(4,5)6)29-38(28-35)52(7,8)9/h13-32H,33-34H2,1-12H3. The van der Waals surface area contributed by atoms with Crippen LogP contribution in [0.4, 0.5) is 17.1 Å². The number of benzene rings is 5. The average Bonchev–Trinajstić information content (AvgIpc) is 3.68. The molecule has 0 atom stereocenters. The number of rotatable bonds is 6. The average molecular weight is 769 g/mol. The van der Waals surface area contributed by atoms with E-state index >= 15 is 0 Å². The maximum absolute atomic E-state index is 7.04. The van der Waals surface area contributed by atoms with Crippen LogP contribution in [0.25, 0.3) is 27.6 Å². The first-order valence-electron chi connectivity index (χ1n) is 20.8. The maximum Gasteiger partial charge on any atom is 0.137 e. The van der Waals surface area contributed by atoms with Gasteiger partial charge in [-0.2, -0.15) is 0 Å². The molecule has 7 aromatic rings. The first kappa shape index (κ1) is 39.3. The Morgan fingerprint density at radius 2 is 1.19 bits per heavy atom. The lowest BCUT2D eigenvalue weighted by Gasteiger charge is -2.28. The van der Waals surface area contributed by atoms with Crippen molar-refractivity contribution >= 4 is 38.9 Å². The van der Waals surface area contributed by atoms with E-state index in [2.05, 4.69) is 213 Å². The molecule has 5 nitrogen and oxygen atoms in total. The molecule has 0 amide bonds. The molecule has 1 aliphatic rings. The first-order valence-corrected chi connectivity index (χ1v) is 20.8. The van der Waals surface area contributed by atoms with E-state index in [4.69, 9.17) is 9.72 Å². The van der Waals surface area contributed by atoms with Crippen molar-refractivity contribution < 1.29 is 4.74 Å². The van der Waals surface area contributed by atoms with Gasteiger partial charge in [0.1, 0.15) is 17.3 Å². The van der Waals surface area contributed by atoms with E-state index in [9.17, 15) is 0 Å². The quantitative estimate of drug-likeness (QED) is 0.169. The molecular formula is C53H60N4O. The predicted molar refractivity (Wildman–Crippen MR) is 246 cm³/mol. The van der Waals surface area contributed by atoms with Crippen LogP contribution >= 0.6 is 0 Å². The minimum absolute atomic E-state index is 0.000890. The van der Waals surface area contributed by atoms with Crippen LogP contribution in [-0.2, 0) is 28.2 Å². The van der Waals surface area contributed by atoms with E-state index in [0.29, 0.717) is 0 Å². The molecular weight excluding hydrogens is 709 g/mol. The van der Waals surface area contributed by atoms with Crippen LogP contribution in [0.15, 0.2) is 121 Å². The second-order valence-electron chi connectivity index (χ2n) is 20.4. The van der Waals surface area contributed by atoms with Gasteiger partial charge in [0, 0.05) is 46.9 Å². The lowest BCUT2D eigenvalue weighted by molar-refractivity contribution is 0.456. The molecule has 8 rings (SSSR count). The number of anilines is 3. The van der Waals surface area contributed by atoms with Gasteiger partial charge in [0.15, 0.2) is 0 Å². The van der Waals surface area contributed by atoms with Crippen molar-refractivity contribution in [1.29, 1.82) is 0 Å². The topological polar surface area (TPSA) is 33.5 Å². The third-order valence-corrected chi connectivity index (χ3v) is 11.7. The number of nitrogens with zero attached hydrogens (tertiary/aromatic N) is 4. The SMILES string of the molecule is CC(C)(C)c1cc(CN2CN(c3ccc(C(C)(C)C)c(Oc4ccc5c6ccccc6n(-c6cc(C(C)(C)C)ccn6)c5c4)c3)c3ccccc32)cc(C(C)(C)C)c1. The second-order valence-corrected chi connectivity index (χ2v) is 20.4. The lowest BCUT2D eigenvalue weighted by atomic mass is 9.79. The fourth-order valence-electron chi connectivity index (χ4n) is 8.29. The number of fused-ring (bicyclic) bond motifs is 4. The van der Waals surface area contributed by atoms with Crippen LogP contribution in [-0.4, -0.2) is 16.2 Å². The number of ether oxygens (including phenoxy) is 1. The van der Waals surface area contributed by atoms with E-state index in [1.54, 1.807) is 0 Å². The van der Waals surface area contributed by atoms with Gasteiger partial charge in [-0.1, -0.05) is 138 Å². The summed E-state index contributed by atoms with van der Waals surface area (Å²) in [5.74, 6) is 2.57. The highest BCUT2D eigenvalue weighted by Gasteiger charge is 2.30. The number of hydrogen-bond donors (Lipinski definition) is 0. The fraction of sp³-hybridized carbons (Fsp3) is 0.340. The van der Waals surface area contributed by atoms with E-state index in [-0.39, 0.29) is 21.7 Å². The van der Waals surface area contributed by atoms with E-state index < -0.39 is 0 Å². The van der Waals surface area contributed by atoms with Gasteiger partial charge in [-0.05, 0) is 92.4 Å². The normalized spacial score (nSPS) is 13.8. The van der Waals surface area contributed by atoms with E-state index in [1.807, 2.05) is 6.20 Å². The Balaban J connectivity index is 1.18. The molecule has 0 aliphatic carbocycles. The van der Waals surface area contributed by atoms with Gasteiger partial charge in [0.25, 0.3) is 0 Å². The molecule has 5 aromatic carbocycles. The van der Waals surface area contributed by atoms with Crippen LogP contribution < -0.4 is 14.5 Å². The lowest BCUT2D eigenvalue weighted by Crippen LogP contribution is -2.28. The van der Waals surface area contributed by atoms with E-state index in [1.165, 1.54) is 44.4 Å². The highest BCUT2D eigenvalue weighted by Crippen LogP contribution is 2.45. The van der Waals surface area contributed by atoms with Crippen molar-refractivity contribution in [2.75, 3.05) is 16.5 Å². The molecule has 1 aliphatic heterocycles. The van der Waals surface area contributed by atoms with Crippen molar-refractivity contribution in [3.05, 3.63) is 149 Å². The van der Waals surface area contributed by atoms with Crippen LogP contribution in [0.3, 0.4) is 0 Å². The number of pyridine rings is 1. The molecule has 0 saturated carbocycles. The third kappa shape index (κ3) is 7.48. The number of aromatic nitrogens is 2. The molecule has 0 saturated heterocycles. The van der Waals surface area contributed by atoms with Gasteiger partial charge < -0.3 is 14.5 Å². The zero-order chi connectivity index (χ0) is 41.4. The Labute approximate surface area is 346 Å². The molecule has 0 spiro atoms. The number of para-hydroxylation sites is 3. The smallest absolute Gasteiger partial charge is 0.137 e. The molecule has 0 N–H and O–H groups in total. The first-order chi connectivity index (χ1) is 27.3. The van der Waals surface area contributed by atoms with Crippen LogP contribution in [0.5, 0.6) is 11.5 Å². The molecule has 58 heavy (non-hydrogen) atoms. The molecule has 5 heteroatoms. The van der Waals surface area contributed by atoms with Gasteiger partial charge in [-0.3, -0.25) is 4.57 Å². The Bertz CT molecular complexity index is 2620. The van der Waals surface area contributed by atoms with E-state index in [0.717, 1.165) is 52.8 Å². The molecule has 0 unspecified atom stereocenters. The maximum atomic E-state index is 7.04. The molecule has 0 bridgehead atoms. The molecule has 3 heterocycles. The summed E-state index contributed by atoms with van der Waals surface area (Å²) in [6.07, 6.45) is 1.93. The zero-order valence-electron chi connectivity index (χ0n) is 36.7. The van der Waals surface area contributed by atoms with Gasteiger partial charge in [0.05, 0.1) is 29.1 Å². The predicted octanol–water partition coefficient (Wildman–Crippen LogP) is 14.3. The summed E-state index contributed by atoms with van der Waals surface area (Å²) in [6.45, 7) is 29.0. The summed E-state index contributed by atoms with van der Waals surface area (Å²) in [5.41, 5.74) is 12.2. The number of hydrogen-bond acceptors (Lipinski definition) is 4. The Kier molecular flexibility index (Phi) is 9.53. The highest BCUT2D eigenvalue weighted by molar-refractivity contribution is 6.09. The third-order valence-electron chi connectivity index (χ3n) is 11.7. The Hall–Kier alpha value is -5.55. The van der Waals surface area contributed by atoms with Gasteiger partial charge >= 0.3 is 0 Å². The second kappa shape index (κ2) is 14.1. The molecule has 0 fully saturated rings. The summed E-state index contributed by atoms with van der Waals surface area (Å²) >= 11 is 0. The fourth-order valence-corrected chi connectivity index (χ4v) is 8.29. The van der Waals surface area contributed by atoms with Crippen molar-refractivity contribution in [2.45, 2.75) is 111 Å². The van der Waals surface area contributed by atoms with Gasteiger partial charge in [-0.25, -0.2) is 4.98 Å². The van der Waals surface area contributed by atoms with Crippen molar-refractivity contribution in [2.24, 2.45) is 0 Å². The minimum atomic E-state index is -0.137.